The van der Waals surface area contributed by atoms with Gasteiger partial charge in [0.1, 0.15) is 0 Å². The van der Waals surface area contributed by atoms with Crippen molar-refractivity contribution in [3.8, 4) is 33.5 Å². The van der Waals surface area contributed by atoms with Crippen molar-refractivity contribution in [1.82, 2.24) is 4.98 Å². The average molecular weight is 518 g/mol. The van der Waals surface area contributed by atoms with Crippen molar-refractivity contribution in [3.63, 3.8) is 0 Å². The molecule has 7 aromatic rings. The first-order valence-corrected chi connectivity index (χ1v) is 14.2. The van der Waals surface area contributed by atoms with E-state index in [0.29, 0.717) is 5.92 Å². The lowest BCUT2D eigenvalue weighted by molar-refractivity contribution is 0.918. The molecule has 1 atom stereocenters. The second kappa shape index (κ2) is 9.98. The molecular formula is C37H27NS. The van der Waals surface area contributed by atoms with Gasteiger partial charge in [-0.1, -0.05) is 116 Å². The normalized spacial score (nSPS) is 12.1. The predicted molar refractivity (Wildman–Crippen MR) is 167 cm³/mol. The summed E-state index contributed by atoms with van der Waals surface area (Å²) in [6, 6.07) is 48.0. The van der Waals surface area contributed by atoms with Gasteiger partial charge in [0.2, 0.25) is 0 Å². The summed E-state index contributed by atoms with van der Waals surface area (Å²) in [6.45, 7) is 2.27. The molecule has 0 saturated carbocycles. The van der Waals surface area contributed by atoms with Crippen molar-refractivity contribution in [1.29, 1.82) is 0 Å². The maximum atomic E-state index is 4.81. The van der Waals surface area contributed by atoms with Crippen molar-refractivity contribution < 1.29 is 0 Å². The SMILES string of the molecule is CC(c1ccccc1)c1ccnc(-c2cccc3c2sc2ccc(-c4ccc(-c5ccccc5)cc4)cc23)c1. The van der Waals surface area contributed by atoms with Crippen LogP contribution in [-0.4, -0.2) is 4.98 Å². The Morgan fingerprint density at radius 1 is 0.538 bits per heavy atom. The van der Waals surface area contributed by atoms with Gasteiger partial charge in [0.25, 0.3) is 0 Å². The van der Waals surface area contributed by atoms with Gasteiger partial charge in [-0.25, -0.2) is 0 Å². The Hall–Kier alpha value is -4.53. The quantitative estimate of drug-likeness (QED) is 0.221. The maximum Gasteiger partial charge on any atom is 0.0719 e. The molecule has 2 heterocycles. The van der Waals surface area contributed by atoms with E-state index in [-0.39, 0.29) is 0 Å². The number of benzene rings is 5. The Morgan fingerprint density at radius 2 is 1.21 bits per heavy atom. The van der Waals surface area contributed by atoms with Crippen LogP contribution in [0, 0.1) is 0 Å². The van der Waals surface area contributed by atoms with Crippen LogP contribution in [0.15, 0.2) is 140 Å². The third-order valence-electron chi connectivity index (χ3n) is 7.68. The molecule has 1 unspecified atom stereocenters. The van der Waals surface area contributed by atoms with Crippen molar-refractivity contribution in [2.24, 2.45) is 0 Å². The zero-order valence-corrected chi connectivity index (χ0v) is 22.5. The molecule has 2 aromatic heterocycles. The van der Waals surface area contributed by atoms with E-state index < -0.39 is 0 Å². The van der Waals surface area contributed by atoms with Gasteiger partial charge in [-0.15, -0.1) is 11.3 Å². The highest BCUT2D eigenvalue weighted by Gasteiger charge is 2.14. The van der Waals surface area contributed by atoms with E-state index in [1.54, 1.807) is 0 Å². The van der Waals surface area contributed by atoms with Crippen molar-refractivity contribution >= 4 is 31.5 Å². The highest BCUT2D eigenvalue weighted by Crippen LogP contribution is 2.41. The Kier molecular flexibility index (Phi) is 6.03. The fraction of sp³-hybridized carbons (Fsp3) is 0.0541. The second-order valence-corrected chi connectivity index (χ2v) is 11.1. The van der Waals surface area contributed by atoms with Crippen LogP contribution in [0.3, 0.4) is 0 Å². The fourth-order valence-electron chi connectivity index (χ4n) is 5.46. The molecule has 0 amide bonds. The van der Waals surface area contributed by atoms with Crippen LogP contribution in [0.2, 0.25) is 0 Å². The molecular weight excluding hydrogens is 490 g/mol. The smallest absolute Gasteiger partial charge is 0.0719 e. The van der Waals surface area contributed by atoms with E-state index in [1.807, 2.05) is 17.5 Å². The minimum absolute atomic E-state index is 0.311. The molecule has 2 heteroatoms. The summed E-state index contributed by atoms with van der Waals surface area (Å²) in [7, 11) is 0. The molecule has 0 aliphatic carbocycles. The molecule has 7 rings (SSSR count). The zero-order chi connectivity index (χ0) is 26.2. The predicted octanol–water partition coefficient (Wildman–Crippen LogP) is 10.6. The number of thiophene rings is 1. The van der Waals surface area contributed by atoms with E-state index in [1.165, 1.54) is 59.1 Å². The highest BCUT2D eigenvalue weighted by molar-refractivity contribution is 7.26. The first-order chi connectivity index (χ1) is 19.2. The van der Waals surface area contributed by atoms with E-state index in [4.69, 9.17) is 4.98 Å². The van der Waals surface area contributed by atoms with Crippen LogP contribution >= 0.6 is 11.3 Å². The number of pyridine rings is 1. The zero-order valence-electron chi connectivity index (χ0n) is 21.7. The van der Waals surface area contributed by atoms with Gasteiger partial charge in [-0.2, -0.15) is 0 Å². The first kappa shape index (κ1) is 23.6. The molecule has 0 N–H and O–H groups in total. The molecule has 0 aliphatic rings. The maximum absolute atomic E-state index is 4.81. The molecule has 0 bridgehead atoms. The van der Waals surface area contributed by atoms with Gasteiger partial charge in [0.15, 0.2) is 0 Å². The molecule has 0 radical (unpaired) electrons. The van der Waals surface area contributed by atoms with Crippen LogP contribution in [0.4, 0.5) is 0 Å². The highest BCUT2D eigenvalue weighted by atomic mass is 32.1. The number of hydrogen-bond donors (Lipinski definition) is 0. The lowest BCUT2D eigenvalue weighted by atomic mass is 9.92. The van der Waals surface area contributed by atoms with Crippen LogP contribution in [0.5, 0.6) is 0 Å². The summed E-state index contributed by atoms with van der Waals surface area (Å²) in [4.78, 5) is 4.81. The van der Waals surface area contributed by atoms with Gasteiger partial charge >= 0.3 is 0 Å². The second-order valence-electron chi connectivity index (χ2n) is 10.0. The summed E-state index contributed by atoms with van der Waals surface area (Å²) in [5, 5.41) is 2.59. The van der Waals surface area contributed by atoms with Gasteiger partial charge in [-0.05, 0) is 57.6 Å². The number of fused-ring (bicyclic) bond motifs is 3. The van der Waals surface area contributed by atoms with E-state index >= 15 is 0 Å². The van der Waals surface area contributed by atoms with Gasteiger partial charge in [-0.3, -0.25) is 4.98 Å². The average Bonchev–Trinajstić information content (AvgIpc) is 3.40. The van der Waals surface area contributed by atoms with Gasteiger partial charge in [0, 0.05) is 37.9 Å². The number of aromatic nitrogens is 1. The van der Waals surface area contributed by atoms with Gasteiger partial charge in [0.05, 0.1) is 5.69 Å². The molecule has 39 heavy (non-hydrogen) atoms. The van der Waals surface area contributed by atoms with E-state index in [0.717, 1.165) is 5.69 Å². The Labute approximate surface area is 233 Å². The molecule has 5 aromatic carbocycles. The van der Waals surface area contributed by atoms with Gasteiger partial charge < -0.3 is 0 Å². The van der Waals surface area contributed by atoms with E-state index in [9.17, 15) is 0 Å². The molecule has 0 aliphatic heterocycles. The Balaban J connectivity index is 1.27. The summed E-state index contributed by atoms with van der Waals surface area (Å²) in [5.41, 5.74) is 9.78. The summed E-state index contributed by atoms with van der Waals surface area (Å²) in [6.07, 6.45) is 1.95. The van der Waals surface area contributed by atoms with Crippen LogP contribution in [0.25, 0.3) is 53.7 Å². The lowest BCUT2D eigenvalue weighted by Gasteiger charge is -2.13. The molecule has 0 spiro atoms. The molecule has 0 fully saturated rings. The van der Waals surface area contributed by atoms with Crippen molar-refractivity contribution in [2.45, 2.75) is 12.8 Å². The largest absolute Gasteiger partial charge is 0.256 e. The number of rotatable bonds is 5. The first-order valence-electron chi connectivity index (χ1n) is 13.4. The van der Waals surface area contributed by atoms with Crippen molar-refractivity contribution in [2.75, 3.05) is 0 Å². The topological polar surface area (TPSA) is 12.9 Å². The fourth-order valence-corrected chi connectivity index (χ4v) is 6.67. The minimum Gasteiger partial charge on any atom is -0.256 e. The van der Waals surface area contributed by atoms with E-state index in [2.05, 4.69) is 140 Å². The molecule has 1 nitrogen and oxygen atoms in total. The Morgan fingerprint density at radius 3 is 1.97 bits per heavy atom. The Bertz CT molecular complexity index is 1900. The van der Waals surface area contributed by atoms with Crippen LogP contribution in [0.1, 0.15) is 24.0 Å². The number of nitrogens with zero attached hydrogens (tertiary/aromatic N) is 1. The minimum atomic E-state index is 0.311. The standard InChI is InChI=1S/C37H27NS/c1-25(26-9-4-2-5-10-26)30-21-22-38-35(24-30)33-14-8-13-32-34-23-31(19-20-36(34)39-37(32)33)29-17-15-28(16-18-29)27-11-6-3-7-12-27/h2-25H,1H3. The van der Waals surface area contributed by atoms with Crippen molar-refractivity contribution in [3.05, 3.63) is 151 Å². The third kappa shape index (κ3) is 4.43. The molecule has 0 saturated heterocycles. The summed E-state index contributed by atoms with van der Waals surface area (Å²) in [5.74, 6) is 0.311. The summed E-state index contributed by atoms with van der Waals surface area (Å²) >= 11 is 1.86. The van der Waals surface area contributed by atoms with Crippen LogP contribution in [-0.2, 0) is 0 Å². The number of hydrogen-bond acceptors (Lipinski definition) is 2. The third-order valence-corrected chi connectivity index (χ3v) is 8.90. The summed E-state index contributed by atoms with van der Waals surface area (Å²) < 4.78 is 2.59. The van der Waals surface area contributed by atoms with Crippen LogP contribution < -0.4 is 0 Å². The molecule has 186 valence electrons. The lowest BCUT2D eigenvalue weighted by Crippen LogP contribution is -1.97. The monoisotopic (exact) mass is 517 g/mol.